The van der Waals surface area contributed by atoms with E-state index < -0.39 is 0 Å². The van der Waals surface area contributed by atoms with Gasteiger partial charge in [0.2, 0.25) is 5.91 Å². The topological polar surface area (TPSA) is 57.8 Å². The first-order chi connectivity index (χ1) is 10.2. The number of hydrogen-bond donors (Lipinski definition) is 2. The first kappa shape index (κ1) is 13.8. The molecule has 0 unspecified atom stereocenters. The van der Waals surface area contributed by atoms with Crippen molar-refractivity contribution in [3.05, 3.63) is 64.4 Å². The van der Waals surface area contributed by atoms with Crippen molar-refractivity contribution in [2.75, 3.05) is 0 Å². The fourth-order valence-corrected chi connectivity index (χ4v) is 2.41. The summed E-state index contributed by atoms with van der Waals surface area (Å²) < 4.78 is 1.01. The maximum Gasteiger partial charge on any atom is 0.224 e. The summed E-state index contributed by atoms with van der Waals surface area (Å²) in [7, 11) is 0. The number of fused-ring (bicyclic) bond motifs is 1. The molecule has 0 saturated heterocycles. The molecular formula is C16H14BrN3O. The first-order valence-electron chi connectivity index (χ1n) is 6.64. The standard InChI is InChI=1S/C16H14BrN3O/c17-13-4-1-11(2-5-13)8-16(21)18-9-12-3-6-14-15(7-12)20-10-19-14/h1-7,10H,8-9H2,(H,18,21)(H,19,20). The Hall–Kier alpha value is -2.14. The van der Waals surface area contributed by atoms with Gasteiger partial charge < -0.3 is 10.3 Å². The highest BCUT2D eigenvalue weighted by molar-refractivity contribution is 9.10. The zero-order valence-corrected chi connectivity index (χ0v) is 12.9. The van der Waals surface area contributed by atoms with Gasteiger partial charge in [0, 0.05) is 11.0 Å². The lowest BCUT2D eigenvalue weighted by Gasteiger charge is -2.06. The molecule has 3 rings (SSSR count). The number of carbonyl (C=O) groups excluding carboxylic acids is 1. The minimum atomic E-state index is 0.0158. The van der Waals surface area contributed by atoms with Crippen molar-refractivity contribution in [2.24, 2.45) is 0 Å². The molecule has 106 valence electrons. The van der Waals surface area contributed by atoms with E-state index in [1.54, 1.807) is 6.33 Å². The van der Waals surface area contributed by atoms with Gasteiger partial charge in [-0.1, -0.05) is 34.1 Å². The molecule has 0 aliphatic heterocycles. The number of rotatable bonds is 4. The Morgan fingerprint density at radius 2 is 1.90 bits per heavy atom. The van der Waals surface area contributed by atoms with Crippen LogP contribution in [0.5, 0.6) is 0 Å². The van der Waals surface area contributed by atoms with Crippen LogP contribution in [0.3, 0.4) is 0 Å². The van der Waals surface area contributed by atoms with Crippen molar-refractivity contribution in [3.63, 3.8) is 0 Å². The van der Waals surface area contributed by atoms with Crippen molar-refractivity contribution < 1.29 is 4.79 Å². The maximum atomic E-state index is 11.9. The maximum absolute atomic E-state index is 11.9. The van der Waals surface area contributed by atoms with Gasteiger partial charge in [0.05, 0.1) is 23.8 Å². The zero-order chi connectivity index (χ0) is 14.7. The number of aromatic amines is 1. The molecule has 0 fully saturated rings. The highest BCUT2D eigenvalue weighted by atomic mass is 79.9. The summed E-state index contributed by atoms with van der Waals surface area (Å²) in [6, 6.07) is 13.7. The molecule has 0 radical (unpaired) electrons. The number of halogens is 1. The van der Waals surface area contributed by atoms with Gasteiger partial charge in [-0.05, 0) is 35.4 Å². The Kier molecular flexibility index (Phi) is 4.01. The molecule has 2 aromatic carbocycles. The Bertz CT molecular complexity index is 765. The quantitative estimate of drug-likeness (QED) is 0.764. The lowest BCUT2D eigenvalue weighted by atomic mass is 10.1. The van der Waals surface area contributed by atoms with E-state index >= 15 is 0 Å². The van der Waals surface area contributed by atoms with Crippen LogP contribution >= 0.6 is 15.9 Å². The lowest BCUT2D eigenvalue weighted by molar-refractivity contribution is -0.120. The number of nitrogens with zero attached hydrogens (tertiary/aromatic N) is 1. The van der Waals surface area contributed by atoms with E-state index in [-0.39, 0.29) is 5.91 Å². The third kappa shape index (κ3) is 3.49. The Morgan fingerprint density at radius 3 is 2.71 bits per heavy atom. The third-order valence-corrected chi connectivity index (χ3v) is 3.78. The first-order valence-corrected chi connectivity index (χ1v) is 7.43. The monoisotopic (exact) mass is 343 g/mol. The average Bonchev–Trinajstić information content (AvgIpc) is 2.95. The van der Waals surface area contributed by atoms with Crippen LogP contribution in [-0.4, -0.2) is 15.9 Å². The van der Waals surface area contributed by atoms with Gasteiger partial charge in [0.25, 0.3) is 0 Å². The number of nitrogens with one attached hydrogen (secondary N) is 2. The van der Waals surface area contributed by atoms with Gasteiger partial charge in [-0.15, -0.1) is 0 Å². The lowest BCUT2D eigenvalue weighted by Crippen LogP contribution is -2.24. The zero-order valence-electron chi connectivity index (χ0n) is 11.3. The molecule has 2 N–H and O–H groups in total. The van der Waals surface area contributed by atoms with Crippen LogP contribution in [0.2, 0.25) is 0 Å². The second kappa shape index (κ2) is 6.10. The van der Waals surface area contributed by atoms with Gasteiger partial charge in [0.1, 0.15) is 0 Å². The van der Waals surface area contributed by atoms with Crippen LogP contribution in [0.25, 0.3) is 11.0 Å². The van der Waals surface area contributed by atoms with Gasteiger partial charge in [-0.2, -0.15) is 0 Å². The molecule has 0 saturated carbocycles. The van der Waals surface area contributed by atoms with Crippen molar-refractivity contribution >= 4 is 32.9 Å². The summed E-state index contributed by atoms with van der Waals surface area (Å²) in [6.07, 6.45) is 2.06. The van der Waals surface area contributed by atoms with Gasteiger partial charge in [-0.3, -0.25) is 4.79 Å². The number of carbonyl (C=O) groups is 1. The van der Waals surface area contributed by atoms with E-state index in [1.165, 1.54) is 0 Å². The largest absolute Gasteiger partial charge is 0.352 e. The van der Waals surface area contributed by atoms with Crippen molar-refractivity contribution in [1.82, 2.24) is 15.3 Å². The molecule has 0 bridgehead atoms. The molecule has 1 amide bonds. The molecule has 0 spiro atoms. The summed E-state index contributed by atoms with van der Waals surface area (Å²) in [4.78, 5) is 19.2. The summed E-state index contributed by atoms with van der Waals surface area (Å²) in [5, 5.41) is 2.93. The molecule has 4 nitrogen and oxygen atoms in total. The SMILES string of the molecule is O=C(Cc1ccc(Br)cc1)NCc1ccc2nc[nH]c2c1. The molecule has 5 heteroatoms. The molecule has 3 aromatic rings. The van der Waals surface area contributed by atoms with Crippen molar-refractivity contribution in [2.45, 2.75) is 13.0 Å². The highest BCUT2D eigenvalue weighted by Crippen LogP contribution is 2.12. The predicted octanol–water partition coefficient (Wildman–Crippen LogP) is 3.18. The van der Waals surface area contributed by atoms with Crippen LogP contribution in [0, 0.1) is 0 Å². The predicted molar refractivity (Wildman–Crippen MR) is 85.8 cm³/mol. The summed E-state index contributed by atoms with van der Waals surface area (Å²) in [5.74, 6) is 0.0158. The smallest absolute Gasteiger partial charge is 0.224 e. The molecular weight excluding hydrogens is 330 g/mol. The summed E-state index contributed by atoms with van der Waals surface area (Å²) in [5.41, 5.74) is 3.96. The van der Waals surface area contributed by atoms with E-state index in [2.05, 4.69) is 31.2 Å². The molecule has 0 aliphatic rings. The van der Waals surface area contributed by atoms with E-state index in [1.807, 2.05) is 42.5 Å². The third-order valence-electron chi connectivity index (χ3n) is 3.25. The molecule has 21 heavy (non-hydrogen) atoms. The van der Waals surface area contributed by atoms with E-state index in [0.29, 0.717) is 13.0 Å². The van der Waals surface area contributed by atoms with Gasteiger partial charge in [-0.25, -0.2) is 4.98 Å². The Morgan fingerprint density at radius 1 is 1.14 bits per heavy atom. The average molecular weight is 344 g/mol. The van der Waals surface area contributed by atoms with E-state index in [0.717, 1.165) is 26.6 Å². The Balaban J connectivity index is 1.58. The molecule has 1 heterocycles. The number of aromatic nitrogens is 2. The molecule has 0 atom stereocenters. The van der Waals surface area contributed by atoms with E-state index in [9.17, 15) is 4.79 Å². The number of benzene rings is 2. The second-order valence-corrected chi connectivity index (χ2v) is 5.75. The second-order valence-electron chi connectivity index (χ2n) is 4.83. The van der Waals surface area contributed by atoms with Gasteiger partial charge >= 0.3 is 0 Å². The minimum Gasteiger partial charge on any atom is -0.352 e. The minimum absolute atomic E-state index is 0.0158. The number of H-pyrrole nitrogens is 1. The fraction of sp³-hybridized carbons (Fsp3) is 0.125. The van der Waals surface area contributed by atoms with Crippen LogP contribution in [0.4, 0.5) is 0 Å². The number of imidazole rings is 1. The summed E-state index contributed by atoms with van der Waals surface area (Å²) in [6.45, 7) is 0.518. The molecule has 0 aliphatic carbocycles. The van der Waals surface area contributed by atoms with Crippen LogP contribution < -0.4 is 5.32 Å². The van der Waals surface area contributed by atoms with Crippen molar-refractivity contribution in [3.8, 4) is 0 Å². The summed E-state index contributed by atoms with van der Waals surface area (Å²) >= 11 is 3.38. The van der Waals surface area contributed by atoms with Crippen LogP contribution in [0.15, 0.2) is 53.3 Å². The molecule has 1 aromatic heterocycles. The van der Waals surface area contributed by atoms with Gasteiger partial charge in [0.15, 0.2) is 0 Å². The number of amides is 1. The normalized spacial score (nSPS) is 10.7. The number of hydrogen-bond acceptors (Lipinski definition) is 2. The van der Waals surface area contributed by atoms with Crippen LogP contribution in [-0.2, 0) is 17.8 Å². The van der Waals surface area contributed by atoms with Crippen LogP contribution in [0.1, 0.15) is 11.1 Å². The Labute approximate surface area is 130 Å². The fourth-order valence-electron chi connectivity index (χ4n) is 2.14. The van der Waals surface area contributed by atoms with E-state index in [4.69, 9.17) is 0 Å². The highest BCUT2D eigenvalue weighted by Gasteiger charge is 2.04. The van der Waals surface area contributed by atoms with Crippen molar-refractivity contribution in [1.29, 1.82) is 0 Å².